The highest BCUT2D eigenvalue weighted by Crippen LogP contribution is 2.35. The minimum atomic E-state index is -4.26. The van der Waals surface area contributed by atoms with Crippen LogP contribution >= 0.6 is 11.6 Å². The molecule has 0 saturated carbocycles. The first-order valence-electron chi connectivity index (χ1n) is 14.0. The third-order valence-electron chi connectivity index (χ3n) is 7.12. The van der Waals surface area contributed by atoms with Crippen LogP contribution in [-0.4, -0.2) is 50.9 Å². The number of nitrogens with zero attached hydrogens (tertiary/aromatic N) is 2. The summed E-state index contributed by atoms with van der Waals surface area (Å²) in [7, 11) is -2.84. The van der Waals surface area contributed by atoms with Gasteiger partial charge in [0, 0.05) is 17.6 Å². The zero-order valence-electron chi connectivity index (χ0n) is 25.1. The third kappa shape index (κ3) is 8.04. The topological polar surface area (TPSA) is 96.0 Å². The summed E-state index contributed by atoms with van der Waals surface area (Å²) >= 11 is 6.31. The molecule has 3 aromatic rings. The fourth-order valence-electron chi connectivity index (χ4n) is 4.58. The van der Waals surface area contributed by atoms with E-state index in [9.17, 15) is 18.0 Å². The van der Waals surface area contributed by atoms with Crippen LogP contribution in [0.25, 0.3) is 0 Å². The van der Waals surface area contributed by atoms with Crippen molar-refractivity contribution in [1.29, 1.82) is 0 Å². The van der Waals surface area contributed by atoms with Crippen LogP contribution in [0.1, 0.15) is 50.3 Å². The van der Waals surface area contributed by atoms with Crippen LogP contribution in [0.4, 0.5) is 5.69 Å². The van der Waals surface area contributed by atoms with E-state index in [0.717, 1.165) is 27.4 Å². The summed E-state index contributed by atoms with van der Waals surface area (Å²) in [5, 5.41) is 3.26. The van der Waals surface area contributed by atoms with Crippen LogP contribution in [0.3, 0.4) is 0 Å². The summed E-state index contributed by atoms with van der Waals surface area (Å²) in [6.45, 7) is 9.05. The predicted molar refractivity (Wildman–Crippen MR) is 167 cm³/mol. The molecule has 0 aliphatic rings. The number of hydrogen-bond donors (Lipinski definition) is 1. The van der Waals surface area contributed by atoms with Crippen molar-refractivity contribution in [3.63, 3.8) is 0 Å². The van der Waals surface area contributed by atoms with Crippen molar-refractivity contribution in [3.8, 4) is 5.75 Å². The van der Waals surface area contributed by atoms with Crippen molar-refractivity contribution in [2.75, 3.05) is 18.0 Å². The van der Waals surface area contributed by atoms with Crippen molar-refractivity contribution in [2.45, 2.75) is 71.0 Å². The Morgan fingerprint density at radius 3 is 2.24 bits per heavy atom. The Bertz CT molecular complexity index is 1490. The van der Waals surface area contributed by atoms with Gasteiger partial charge < -0.3 is 15.0 Å². The molecule has 0 aliphatic heterocycles. The molecule has 0 aromatic heterocycles. The van der Waals surface area contributed by atoms with Crippen LogP contribution in [0.2, 0.25) is 5.02 Å². The van der Waals surface area contributed by atoms with Gasteiger partial charge in [0.1, 0.15) is 18.3 Å². The molecule has 0 saturated heterocycles. The van der Waals surface area contributed by atoms with E-state index in [2.05, 4.69) is 5.32 Å². The van der Waals surface area contributed by atoms with Crippen LogP contribution in [0, 0.1) is 13.8 Å². The first-order valence-corrected chi connectivity index (χ1v) is 15.8. The van der Waals surface area contributed by atoms with Crippen LogP contribution in [0.15, 0.2) is 71.6 Å². The second kappa shape index (κ2) is 14.6. The molecule has 2 amide bonds. The number of hydrogen-bond acceptors (Lipinski definition) is 5. The van der Waals surface area contributed by atoms with Gasteiger partial charge in [0.2, 0.25) is 11.8 Å². The molecule has 8 nitrogen and oxygen atoms in total. The SMILES string of the molecule is CC[C@H](C)NC(=O)[C@H](CC)N(Cc1cccc(C)c1)C(=O)CN(c1cc(Cl)ccc1OC)S(=O)(=O)c1ccc(C)cc1. The zero-order valence-corrected chi connectivity index (χ0v) is 26.6. The van der Waals surface area contributed by atoms with Crippen molar-refractivity contribution >= 4 is 39.1 Å². The number of aryl methyl sites for hydroxylation is 2. The maximum Gasteiger partial charge on any atom is 0.264 e. The van der Waals surface area contributed by atoms with Crippen LogP contribution in [-0.2, 0) is 26.2 Å². The number of benzene rings is 3. The van der Waals surface area contributed by atoms with Gasteiger partial charge in [0.25, 0.3) is 10.0 Å². The Morgan fingerprint density at radius 1 is 0.952 bits per heavy atom. The highest BCUT2D eigenvalue weighted by molar-refractivity contribution is 7.92. The summed E-state index contributed by atoms with van der Waals surface area (Å²) in [6, 6.07) is 17.7. The number of halogens is 1. The van der Waals surface area contributed by atoms with E-state index in [1.165, 1.54) is 30.2 Å². The van der Waals surface area contributed by atoms with E-state index >= 15 is 0 Å². The Labute approximate surface area is 254 Å². The molecule has 1 N–H and O–H groups in total. The highest BCUT2D eigenvalue weighted by Gasteiger charge is 2.35. The summed E-state index contributed by atoms with van der Waals surface area (Å²) < 4.78 is 34.7. The highest BCUT2D eigenvalue weighted by atomic mass is 35.5. The number of sulfonamides is 1. The van der Waals surface area contributed by atoms with Gasteiger partial charge in [-0.25, -0.2) is 8.42 Å². The van der Waals surface area contributed by atoms with Crippen molar-refractivity contribution in [3.05, 3.63) is 88.4 Å². The predicted octanol–water partition coefficient (Wildman–Crippen LogP) is 5.88. The third-order valence-corrected chi connectivity index (χ3v) is 9.13. The minimum Gasteiger partial charge on any atom is -0.495 e. The molecule has 10 heteroatoms. The maximum absolute atomic E-state index is 14.3. The number of anilines is 1. The standard InChI is InChI=1S/C32H40ClN3O5S/c1-7-24(5)34-32(38)28(8-2)35(20-25-11-9-10-23(4)18-25)31(37)21-36(29-19-26(33)14-17-30(29)41-6)42(39,40)27-15-12-22(3)13-16-27/h9-19,24,28H,7-8,20-21H2,1-6H3,(H,34,38)/t24-,28-/m0/s1. The lowest BCUT2D eigenvalue weighted by Gasteiger charge is -2.34. The van der Waals surface area contributed by atoms with E-state index in [-0.39, 0.29) is 39.8 Å². The van der Waals surface area contributed by atoms with Gasteiger partial charge in [-0.3, -0.25) is 13.9 Å². The van der Waals surface area contributed by atoms with Crippen molar-refractivity contribution in [1.82, 2.24) is 10.2 Å². The molecule has 42 heavy (non-hydrogen) atoms. The first-order chi connectivity index (χ1) is 19.9. The Kier molecular flexibility index (Phi) is 11.4. The lowest BCUT2D eigenvalue weighted by molar-refractivity contribution is -0.140. The van der Waals surface area contributed by atoms with Gasteiger partial charge in [-0.15, -0.1) is 0 Å². The van der Waals surface area contributed by atoms with E-state index in [0.29, 0.717) is 6.42 Å². The van der Waals surface area contributed by atoms with Gasteiger partial charge in [-0.05, 0) is 69.5 Å². The lowest BCUT2D eigenvalue weighted by atomic mass is 10.1. The fourth-order valence-corrected chi connectivity index (χ4v) is 6.16. The average molecular weight is 614 g/mol. The monoisotopic (exact) mass is 613 g/mol. The smallest absolute Gasteiger partial charge is 0.264 e. The normalized spacial score (nSPS) is 12.7. The van der Waals surface area contributed by atoms with E-state index in [1.54, 1.807) is 24.3 Å². The molecule has 0 aliphatic carbocycles. The number of ether oxygens (including phenoxy) is 1. The second-order valence-corrected chi connectivity index (χ2v) is 12.7. The Morgan fingerprint density at radius 2 is 1.64 bits per heavy atom. The van der Waals surface area contributed by atoms with Crippen molar-refractivity contribution in [2.24, 2.45) is 0 Å². The van der Waals surface area contributed by atoms with Gasteiger partial charge in [0.05, 0.1) is 17.7 Å². The molecular formula is C32H40ClN3O5S. The van der Waals surface area contributed by atoms with Crippen LogP contribution in [0.5, 0.6) is 5.75 Å². The molecule has 0 unspecified atom stereocenters. The van der Waals surface area contributed by atoms with E-state index in [4.69, 9.17) is 16.3 Å². The molecule has 0 bridgehead atoms. The first kappa shape index (κ1) is 32.9. The average Bonchev–Trinajstić information content (AvgIpc) is 2.95. The van der Waals surface area contributed by atoms with E-state index in [1.807, 2.05) is 58.9 Å². The molecule has 2 atom stereocenters. The number of nitrogens with one attached hydrogen (secondary N) is 1. The summed E-state index contributed by atoms with van der Waals surface area (Å²) in [5.74, 6) is -0.601. The molecule has 0 fully saturated rings. The Hall–Kier alpha value is -3.56. The fraction of sp³-hybridized carbons (Fsp3) is 0.375. The Balaban J connectivity index is 2.13. The molecule has 0 heterocycles. The van der Waals surface area contributed by atoms with Gasteiger partial charge >= 0.3 is 0 Å². The number of amides is 2. The second-order valence-electron chi connectivity index (χ2n) is 10.4. The summed E-state index contributed by atoms with van der Waals surface area (Å²) in [4.78, 5) is 29.2. The zero-order chi connectivity index (χ0) is 31.0. The minimum absolute atomic E-state index is 0.00900. The number of carbonyl (C=O) groups excluding carboxylic acids is 2. The van der Waals surface area contributed by atoms with Gasteiger partial charge in [-0.2, -0.15) is 0 Å². The maximum atomic E-state index is 14.3. The molecule has 0 spiro atoms. The molecule has 226 valence electrons. The summed E-state index contributed by atoms with van der Waals surface area (Å²) in [6.07, 6.45) is 1.07. The quantitative estimate of drug-likeness (QED) is 0.260. The van der Waals surface area contributed by atoms with Crippen molar-refractivity contribution < 1.29 is 22.7 Å². The lowest BCUT2D eigenvalue weighted by Crippen LogP contribution is -2.53. The van der Waals surface area contributed by atoms with Gasteiger partial charge in [-0.1, -0.05) is 73.0 Å². The molecule has 3 aromatic carbocycles. The number of methoxy groups -OCH3 is 1. The van der Waals surface area contributed by atoms with E-state index < -0.39 is 28.5 Å². The molecule has 3 rings (SSSR count). The molecular weight excluding hydrogens is 574 g/mol. The van der Waals surface area contributed by atoms with Crippen LogP contribution < -0.4 is 14.4 Å². The summed E-state index contributed by atoms with van der Waals surface area (Å²) in [5.41, 5.74) is 2.83. The molecule has 0 radical (unpaired) electrons. The largest absolute Gasteiger partial charge is 0.495 e. The van der Waals surface area contributed by atoms with Gasteiger partial charge in [0.15, 0.2) is 0 Å². The number of rotatable bonds is 13. The number of carbonyl (C=O) groups is 2.